The zero-order chi connectivity index (χ0) is 24.2. The lowest BCUT2D eigenvalue weighted by Gasteiger charge is -2.11. The van der Waals surface area contributed by atoms with Gasteiger partial charge in [0.05, 0.1) is 22.3 Å². The molecule has 0 radical (unpaired) electrons. The molecule has 0 aliphatic rings. The van der Waals surface area contributed by atoms with Crippen LogP contribution in [0.25, 0.3) is 10.9 Å². The number of aromatic amines is 1. The van der Waals surface area contributed by atoms with Crippen LogP contribution in [0.2, 0.25) is 10.0 Å². The van der Waals surface area contributed by atoms with Crippen molar-refractivity contribution >= 4 is 57.5 Å². The number of thioether (sulfide) groups is 1. The Hall–Kier alpha value is -3.26. The molecule has 176 valence electrons. The van der Waals surface area contributed by atoms with Crippen LogP contribution in [-0.2, 0) is 17.8 Å². The highest BCUT2D eigenvalue weighted by atomic mass is 35.5. The number of aromatic nitrogens is 4. The zero-order valence-electron chi connectivity index (χ0n) is 18.5. The van der Waals surface area contributed by atoms with E-state index in [1.54, 1.807) is 18.2 Å². The average Bonchev–Trinajstić information content (AvgIpc) is 3.45. The number of H-pyrrole nitrogens is 1. The number of hydrogen-bond donors (Lipinski definition) is 2. The Balaban J connectivity index is 1.36. The standard InChI is InChI=1S/C26H21Cl2N5OS/c27-21-11-10-19(13-22(21)28)30-25(34)16-35-26-32-31-24(33(26)15-17-6-2-1-3-7-17)12-18-14-29-23-9-5-4-8-20(18)23/h1-11,13-14,29H,12,15-16H2,(H,30,34). The highest BCUT2D eigenvalue weighted by Gasteiger charge is 2.17. The monoisotopic (exact) mass is 521 g/mol. The predicted molar refractivity (Wildman–Crippen MR) is 142 cm³/mol. The largest absolute Gasteiger partial charge is 0.361 e. The van der Waals surface area contributed by atoms with Crippen LogP contribution in [0, 0.1) is 0 Å². The zero-order valence-corrected chi connectivity index (χ0v) is 20.9. The molecule has 2 heterocycles. The molecule has 0 aliphatic heterocycles. The van der Waals surface area contributed by atoms with E-state index in [0.717, 1.165) is 27.9 Å². The number of carbonyl (C=O) groups excluding carboxylic acids is 1. The van der Waals surface area contributed by atoms with Crippen molar-refractivity contribution in [2.45, 2.75) is 18.1 Å². The first-order chi connectivity index (χ1) is 17.1. The molecule has 35 heavy (non-hydrogen) atoms. The summed E-state index contributed by atoms with van der Waals surface area (Å²) in [7, 11) is 0. The van der Waals surface area contributed by atoms with Crippen LogP contribution in [-0.4, -0.2) is 31.4 Å². The summed E-state index contributed by atoms with van der Waals surface area (Å²) < 4.78 is 2.08. The Kier molecular flexibility index (Phi) is 7.08. The third-order valence-corrected chi connectivity index (χ3v) is 7.24. The van der Waals surface area contributed by atoms with Crippen molar-refractivity contribution in [2.75, 3.05) is 11.1 Å². The molecular weight excluding hydrogens is 501 g/mol. The van der Waals surface area contributed by atoms with E-state index in [1.807, 2.05) is 36.5 Å². The van der Waals surface area contributed by atoms with Crippen molar-refractivity contribution in [1.82, 2.24) is 19.7 Å². The number of nitrogens with one attached hydrogen (secondary N) is 2. The van der Waals surface area contributed by atoms with Crippen LogP contribution in [0.3, 0.4) is 0 Å². The molecule has 0 spiro atoms. The van der Waals surface area contributed by atoms with E-state index in [-0.39, 0.29) is 11.7 Å². The molecule has 2 N–H and O–H groups in total. The minimum Gasteiger partial charge on any atom is -0.361 e. The number of rotatable bonds is 8. The Morgan fingerprint density at radius 2 is 1.77 bits per heavy atom. The maximum absolute atomic E-state index is 12.6. The van der Waals surface area contributed by atoms with Gasteiger partial charge < -0.3 is 14.9 Å². The molecule has 0 aliphatic carbocycles. The Morgan fingerprint density at radius 3 is 2.60 bits per heavy atom. The molecule has 0 bridgehead atoms. The fourth-order valence-corrected chi connectivity index (χ4v) is 4.89. The second-order valence-electron chi connectivity index (χ2n) is 7.97. The van der Waals surface area contributed by atoms with Gasteiger partial charge in [-0.15, -0.1) is 10.2 Å². The summed E-state index contributed by atoms with van der Waals surface area (Å²) in [5.41, 5.74) is 3.96. The smallest absolute Gasteiger partial charge is 0.234 e. The summed E-state index contributed by atoms with van der Waals surface area (Å²) >= 11 is 13.4. The molecule has 5 aromatic rings. The van der Waals surface area contributed by atoms with E-state index in [2.05, 4.69) is 49.3 Å². The van der Waals surface area contributed by atoms with Gasteiger partial charge in [0.15, 0.2) is 5.16 Å². The third kappa shape index (κ3) is 5.53. The molecule has 0 fully saturated rings. The van der Waals surface area contributed by atoms with E-state index < -0.39 is 0 Å². The van der Waals surface area contributed by atoms with Crippen molar-refractivity contribution < 1.29 is 4.79 Å². The van der Waals surface area contributed by atoms with Gasteiger partial charge in [-0.1, -0.05) is 83.5 Å². The average molecular weight is 522 g/mol. The van der Waals surface area contributed by atoms with Crippen LogP contribution >= 0.6 is 35.0 Å². The first kappa shape index (κ1) is 23.5. The molecule has 3 aromatic carbocycles. The number of anilines is 1. The number of para-hydroxylation sites is 1. The summed E-state index contributed by atoms with van der Waals surface area (Å²) in [6.07, 6.45) is 2.64. The number of amides is 1. The molecule has 6 nitrogen and oxygen atoms in total. The minimum atomic E-state index is -0.166. The summed E-state index contributed by atoms with van der Waals surface area (Å²) in [5, 5.41) is 14.4. The van der Waals surface area contributed by atoms with Crippen LogP contribution in [0.1, 0.15) is 17.0 Å². The van der Waals surface area contributed by atoms with E-state index in [9.17, 15) is 4.79 Å². The maximum atomic E-state index is 12.6. The highest BCUT2D eigenvalue weighted by molar-refractivity contribution is 7.99. The van der Waals surface area contributed by atoms with Crippen molar-refractivity contribution in [3.05, 3.63) is 106 Å². The van der Waals surface area contributed by atoms with Gasteiger partial charge in [0.25, 0.3) is 0 Å². The quantitative estimate of drug-likeness (QED) is 0.230. The lowest BCUT2D eigenvalue weighted by atomic mass is 10.1. The summed E-state index contributed by atoms with van der Waals surface area (Å²) in [6.45, 7) is 0.613. The number of benzene rings is 3. The molecule has 0 saturated carbocycles. The predicted octanol–water partition coefficient (Wildman–Crippen LogP) is 6.44. The Morgan fingerprint density at radius 1 is 0.971 bits per heavy atom. The lowest BCUT2D eigenvalue weighted by molar-refractivity contribution is -0.113. The fourth-order valence-electron chi connectivity index (χ4n) is 3.83. The Bertz CT molecular complexity index is 1480. The van der Waals surface area contributed by atoms with Gasteiger partial charge in [0.2, 0.25) is 5.91 Å². The van der Waals surface area contributed by atoms with Gasteiger partial charge in [0, 0.05) is 29.2 Å². The van der Waals surface area contributed by atoms with Crippen molar-refractivity contribution in [1.29, 1.82) is 0 Å². The number of nitrogens with zero attached hydrogens (tertiary/aromatic N) is 3. The second-order valence-corrected chi connectivity index (χ2v) is 9.73. The number of halogens is 2. The summed E-state index contributed by atoms with van der Waals surface area (Å²) in [5.74, 6) is 0.854. The molecule has 0 atom stereocenters. The number of hydrogen-bond acceptors (Lipinski definition) is 4. The molecule has 0 saturated heterocycles. The third-order valence-electron chi connectivity index (χ3n) is 5.54. The molecule has 5 rings (SSSR count). The number of carbonyl (C=O) groups is 1. The SMILES string of the molecule is O=C(CSc1nnc(Cc2c[nH]c3ccccc23)n1Cc1ccccc1)Nc1ccc(Cl)c(Cl)c1. The van der Waals surface area contributed by atoms with Crippen molar-refractivity contribution in [3.63, 3.8) is 0 Å². The first-order valence-electron chi connectivity index (χ1n) is 11.0. The minimum absolute atomic E-state index is 0.166. The second kappa shape index (κ2) is 10.6. The van der Waals surface area contributed by atoms with E-state index in [0.29, 0.717) is 33.9 Å². The molecule has 0 unspecified atom stereocenters. The van der Waals surface area contributed by atoms with Gasteiger partial charge in [-0.2, -0.15) is 0 Å². The molecule has 1 amide bonds. The van der Waals surface area contributed by atoms with Crippen LogP contribution in [0.5, 0.6) is 0 Å². The van der Waals surface area contributed by atoms with Crippen molar-refractivity contribution in [2.24, 2.45) is 0 Å². The summed E-state index contributed by atoms with van der Waals surface area (Å²) in [4.78, 5) is 15.9. The summed E-state index contributed by atoms with van der Waals surface area (Å²) in [6, 6.07) is 23.3. The lowest BCUT2D eigenvalue weighted by Crippen LogP contribution is -2.15. The number of fused-ring (bicyclic) bond motifs is 1. The maximum Gasteiger partial charge on any atom is 0.234 e. The van der Waals surface area contributed by atoms with Crippen LogP contribution in [0.4, 0.5) is 5.69 Å². The Labute approximate surface area is 216 Å². The van der Waals surface area contributed by atoms with Gasteiger partial charge in [-0.25, -0.2) is 0 Å². The normalized spacial score (nSPS) is 11.1. The van der Waals surface area contributed by atoms with Gasteiger partial charge in [-0.3, -0.25) is 4.79 Å². The van der Waals surface area contributed by atoms with Gasteiger partial charge in [0.1, 0.15) is 5.82 Å². The van der Waals surface area contributed by atoms with Crippen LogP contribution in [0.15, 0.2) is 84.1 Å². The van der Waals surface area contributed by atoms with E-state index >= 15 is 0 Å². The van der Waals surface area contributed by atoms with Crippen molar-refractivity contribution in [3.8, 4) is 0 Å². The highest BCUT2D eigenvalue weighted by Crippen LogP contribution is 2.26. The van der Waals surface area contributed by atoms with E-state index in [4.69, 9.17) is 23.2 Å². The fraction of sp³-hybridized carbons (Fsp3) is 0.115. The first-order valence-corrected chi connectivity index (χ1v) is 12.7. The molecule has 2 aromatic heterocycles. The molecular formula is C26H21Cl2N5OS. The molecule has 9 heteroatoms. The van der Waals surface area contributed by atoms with Crippen LogP contribution < -0.4 is 5.32 Å². The topological polar surface area (TPSA) is 75.6 Å². The van der Waals surface area contributed by atoms with Gasteiger partial charge in [-0.05, 0) is 35.4 Å². The van der Waals surface area contributed by atoms with Gasteiger partial charge >= 0.3 is 0 Å². The van der Waals surface area contributed by atoms with E-state index in [1.165, 1.54) is 11.8 Å².